The van der Waals surface area contributed by atoms with Crippen molar-refractivity contribution in [3.05, 3.63) is 145 Å². The Morgan fingerprint density at radius 3 is 1.63 bits per heavy atom. The second-order valence-corrected chi connectivity index (χ2v) is 12.3. The topological polar surface area (TPSA) is 28.7 Å². The Morgan fingerprint density at radius 1 is 0.514 bits per heavy atom. The zero-order valence-electron chi connectivity index (χ0n) is 19.4. The summed E-state index contributed by atoms with van der Waals surface area (Å²) in [5.74, 6) is 0.907. The van der Waals surface area contributed by atoms with Crippen LogP contribution in [0.4, 0.5) is 0 Å². The molecule has 0 atom stereocenters. The van der Waals surface area contributed by atoms with E-state index in [1.807, 2.05) is 18.2 Å². The number of nitrogens with zero attached hydrogens (tertiary/aromatic N) is 1. The molecule has 0 aliphatic heterocycles. The highest BCUT2D eigenvalue weighted by molar-refractivity contribution is 7.95. The molecule has 0 saturated carbocycles. The Bertz CT molecular complexity index is 1470. The molecule has 6 aromatic rings. The molecule has 5 aromatic carbocycles. The van der Waals surface area contributed by atoms with Crippen molar-refractivity contribution >= 4 is 34.2 Å². The molecule has 0 unspecified atom stereocenters. The summed E-state index contributed by atoms with van der Waals surface area (Å²) in [6.45, 7) is 0. The average molecular weight is 470 g/mol. The van der Waals surface area contributed by atoms with Gasteiger partial charge in [0.25, 0.3) is 0 Å². The Kier molecular flexibility index (Phi) is 5.74. The number of aromatic nitrogens is 2. The van der Waals surface area contributed by atoms with Gasteiger partial charge in [-0.2, -0.15) is 0 Å². The minimum Gasteiger partial charge on any atom is -0.338 e. The highest BCUT2D eigenvalue weighted by Crippen LogP contribution is 2.58. The number of rotatable bonds is 6. The van der Waals surface area contributed by atoms with Crippen LogP contribution in [0.3, 0.4) is 0 Å². The van der Waals surface area contributed by atoms with Crippen LogP contribution in [0.5, 0.6) is 0 Å². The molecule has 0 fully saturated rings. The normalized spacial score (nSPS) is 11.5. The van der Waals surface area contributed by atoms with Crippen molar-refractivity contribution in [2.75, 3.05) is 0 Å². The Balaban J connectivity index is 1.52. The van der Waals surface area contributed by atoms with Crippen LogP contribution in [-0.4, -0.2) is 9.97 Å². The molecule has 6 rings (SSSR count). The van der Waals surface area contributed by atoms with Crippen molar-refractivity contribution in [3.63, 3.8) is 0 Å². The van der Waals surface area contributed by atoms with Crippen LogP contribution in [0.25, 0.3) is 22.4 Å². The molecule has 1 heterocycles. The minimum absolute atomic E-state index is 0.907. The molecule has 1 aromatic heterocycles. The number of hydrogen-bond donors (Lipinski definition) is 1. The number of para-hydroxylation sites is 2. The predicted molar refractivity (Wildman–Crippen MR) is 150 cm³/mol. The van der Waals surface area contributed by atoms with Gasteiger partial charge < -0.3 is 4.98 Å². The van der Waals surface area contributed by atoms with Gasteiger partial charge in [0.1, 0.15) is 29.0 Å². The zero-order chi connectivity index (χ0) is 23.5. The molecule has 2 nitrogen and oxygen atoms in total. The standard InChI is InChI=1S/C32H26N2P/c1-4-12-25(13-5-1)24-35(27-14-6-2-7-15-27,28-16-8-3-9-17-28)29-22-20-26(21-23-29)32-33-30-18-10-11-19-31(30)34-32/h1-23H,24H2,(H,33,34)/q+1. The molecule has 0 radical (unpaired) electrons. The summed E-state index contributed by atoms with van der Waals surface area (Å²) in [6, 6.07) is 50.2. The first-order valence-corrected chi connectivity index (χ1v) is 13.9. The summed E-state index contributed by atoms with van der Waals surface area (Å²) in [5.41, 5.74) is 4.51. The van der Waals surface area contributed by atoms with Crippen LogP contribution in [-0.2, 0) is 6.16 Å². The number of fused-ring (bicyclic) bond motifs is 1. The SMILES string of the molecule is c1ccc(C[P+](c2ccccc2)(c2ccccc2)c2ccc(-c3nc4ccccc4[nH]3)cc2)cc1. The van der Waals surface area contributed by atoms with E-state index < -0.39 is 7.26 Å². The van der Waals surface area contributed by atoms with Gasteiger partial charge in [-0.15, -0.1) is 0 Å². The van der Waals surface area contributed by atoms with Crippen molar-refractivity contribution in [1.29, 1.82) is 0 Å². The van der Waals surface area contributed by atoms with E-state index in [9.17, 15) is 0 Å². The largest absolute Gasteiger partial charge is 0.338 e. The number of hydrogen-bond acceptors (Lipinski definition) is 1. The molecule has 1 N–H and O–H groups in total. The summed E-state index contributed by atoms with van der Waals surface area (Å²) in [6.07, 6.45) is 0.978. The Morgan fingerprint density at radius 2 is 1.03 bits per heavy atom. The molecule has 0 spiro atoms. The van der Waals surface area contributed by atoms with E-state index in [1.165, 1.54) is 21.5 Å². The van der Waals surface area contributed by atoms with E-state index in [2.05, 4.69) is 126 Å². The summed E-state index contributed by atoms with van der Waals surface area (Å²) in [4.78, 5) is 8.28. The number of H-pyrrole nitrogens is 1. The second-order valence-electron chi connectivity index (χ2n) is 8.77. The third kappa shape index (κ3) is 4.07. The van der Waals surface area contributed by atoms with Crippen molar-refractivity contribution in [2.45, 2.75) is 6.16 Å². The van der Waals surface area contributed by atoms with E-state index in [-0.39, 0.29) is 0 Å². The average Bonchev–Trinajstić information content (AvgIpc) is 3.38. The first-order chi connectivity index (χ1) is 17.3. The summed E-state index contributed by atoms with van der Waals surface area (Å²) in [5, 5.41) is 4.16. The third-order valence-electron chi connectivity index (χ3n) is 6.63. The van der Waals surface area contributed by atoms with E-state index in [0.29, 0.717) is 0 Å². The van der Waals surface area contributed by atoms with Gasteiger partial charge >= 0.3 is 0 Å². The molecule has 0 saturated heterocycles. The summed E-state index contributed by atoms with van der Waals surface area (Å²) in [7, 11) is -1.95. The van der Waals surface area contributed by atoms with Crippen LogP contribution in [0.15, 0.2) is 140 Å². The van der Waals surface area contributed by atoms with Crippen molar-refractivity contribution < 1.29 is 0 Å². The lowest BCUT2D eigenvalue weighted by Crippen LogP contribution is -2.32. The van der Waals surface area contributed by atoms with Gasteiger partial charge in [0, 0.05) is 5.56 Å². The number of nitrogens with one attached hydrogen (secondary N) is 1. The molecule has 0 aliphatic carbocycles. The van der Waals surface area contributed by atoms with Gasteiger partial charge in [0.2, 0.25) is 0 Å². The van der Waals surface area contributed by atoms with E-state index in [0.717, 1.165) is 28.6 Å². The highest BCUT2D eigenvalue weighted by Gasteiger charge is 2.45. The Hall–Kier alpha value is -4.00. The van der Waals surface area contributed by atoms with E-state index in [4.69, 9.17) is 4.98 Å². The van der Waals surface area contributed by atoms with Crippen molar-refractivity contribution in [2.24, 2.45) is 0 Å². The quantitative estimate of drug-likeness (QED) is 0.269. The Labute approximate surface area is 206 Å². The maximum atomic E-state index is 4.81. The summed E-state index contributed by atoms with van der Waals surface area (Å²) < 4.78 is 0. The number of imidazole rings is 1. The lowest BCUT2D eigenvalue weighted by Gasteiger charge is -2.28. The smallest absolute Gasteiger partial charge is 0.138 e. The van der Waals surface area contributed by atoms with Crippen LogP contribution < -0.4 is 15.9 Å². The summed E-state index contributed by atoms with van der Waals surface area (Å²) >= 11 is 0. The van der Waals surface area contributed by atoms with Gasteiger partial charge in [0.05, 0.1) is 17.2 Å². The molecule has 0 amide bonds. The van der Waals surface area contributed by atoms with Crippen LogP contribution in [0, 0.1) is 0 Å². The molecule has 168 valence electrons. The van der Waals surface area contributed by atoms with Crippen molar-refractivity contribution in [3.8, 4) is 11.4 Å². The van der Waals surface area contributed by atoms with Gasteiger partial charge in [0.15, 0.2) is 0 Å². The molecule has 0 bridgehead atoms. The molecule has 35 heavy (non-hydrogen) atoms. The van der Waals surface area contributed by atoms with E-state index >= 15 is 0 Å². The predicted octanol–water partition coefficient (Wildman–Crippen LogP) is 6.72. The van der Waals surface area contributed by atoms with Crippen molar-refractivity contribution in [1.82, 2.24) is 9.97 Å². The maximum absolute atomic E-state index is 4.81. The fourth-order valence-corrected chi connectivity index (χ4v) is 9.13. The monoisotopic (exact) mass is 469 g/mol. The molecular weight excluding hydrogens is 443 g/mol. The highest BCUT2D eigenvalue weighted by atomic mass is 31.2. The van der Waals surface area contributed by atoms with Gasteiger partial charge in [-0.25, -0.2) is 4.98 Å². The van der Waals surface area contributed by atoms with Gasteiger partial charge in [-0.3, -0.25) is 0 Å². The molecule has 0 aliphatic rings. The fourth-order valence-electron chi connectivity index (χ4n) is 4.91. The fraction of sp³-hybridized carbons (Fsp3) is 0.0312. The lowest BCUT2D eigenvalue weighted by molar-refractivity contribution is 1.34. The minimum atomic E-state index is -1.95. The number of benzene rings is 5. The molecule has 3 heteroatoms. The molecular formula is C32H26N2P+. The van der Waals surface area contributed by atoms with Gasteiger partial charge in [-0.05, 0) is 66.2 Å². The number of aromatic amines is 1. The maximum Gasteiger partial charge on any atom is 0.138 e. The van der Waals surface area contributed by atoms with E-state index in [1.54, 1.807) is 0 Å². The zero-order valence-corrected chi connectivity index (χ0v) is 20.3. The first kappa shape index (κ1) is 21.5. The van der Waals surface area contributed by atoms with Crippen LogP contribution in [0.2, 0.25) is 0 Å². The van der Waals surface area contributed by atoms with Crippen LogP contribution >= 0.6 is 7.26 Å². The second kappa shape index (κ2) is 9.33. The van der Waals surface area contributed by atoms with Crippen LogP contribution in [0.1, 0.15) is 5.56 Å². The van der Waals surface area contributed by atoms with Gasteiger partial charge in [-0.1, -0.05) is 78.9 Å². The third-order valence-corrected chi connectivity index (χ3v) is 11.0. The first-order valence-electron chi connectivity index (χ1n) is 11.9. The lowest BCUT2D eigenvalue weighted by atomic mass is 10.2.